The second-order valence-corrected chi connectivity index (χ2v) is 6.55. The van der Waals surface area contributed by atoms with Crippen molar-refractivity contribution in [1.82, 2.24) is 5.32 Å². The van der Waals surface area contributed by atoms with E-state index in [1.165, 1.54) is 24.8 Å². The Hall–Kier alpha value is -1.02. The Morgan fingerprint density at radius 1 is 1.00 bits per heavy atom. The molecule has 2 nitrogen and oxygen atoms in total. The third-order valence-electron chi connectivity index (χ3n) is 4.10. The Kier molecular flexibility index (Phi) is 8.44. The molecule has 1 N–H and O–H groups in total. The van der Waals surface area contributed by atoms with Crippen LogP contribution < -0.4 is 10.1 Å². The van der Waals surface area contributed by atoms with Crippen LogP contribution in [0.25, 0.3) is 0 Å². The van der Waals surface area contributed by atoms with Gasteiger partial charge in [-0.25, -0.2) is 0 Å². The zero-order chi connectivity index (χ0) is 15.7. The van der Waals surface area contributed by atoms with Crippen LogP contribution in [0.4, 0.5) is 0 Å². The highest BCUT2D eigenvalue weighted by molar-refractivity contribution is 5.29. The highest BCUT2D eigenvalue weighted by Crippen LogP contribution is 2.21. The topological polar surface area (TPSA) is 21.3 Å². The van der Waals surface area contributed by atoms with E-state index in [0.717, 1.165) is 24.8 Å². The number of hydrogen-bond donors (Lipinski definition) is 1. The van der Waals surface area contributed by atoms with Gasteiger partial charge in [0.2, 0.25) is 0 Å². The molecule has 21 heavy (non-hydrogen) atoms. The fourth-order valence-corrected chi connectivity index (χ4v) is 2.29. The predicted molar refractivity (Wildman–Crippen MR) is 92.2 cm³/mol. The van der Waals surface area contributed by atoms with Gasteiger partial charge in [0.1, 0.15) is 12.4 Å². The summed E-state index contributed by atoms with van der Waals surface area (Å²) in [5, 5.41) is 3.52. The summed E-state index contributed by atoms with van der Waals surface area (Å²) in [5.74, 6) is 2.38. The molecule has 0 amide bonds. The quantitative estimate of drug-likeness (QED) is 0.613. The van der Waals surface area contributed by atoms with Crippen molar-refractivity contribution in [2.24, 2.45) is 5.92 Å². The molecule has 0 fully saturated rings. The summed E-state index contributed by atoms with van der Waals surface area (Å²) in [7, 11) is 0. The summed E-state index contributed by atoms with van der Waals surface area (Å²) < 4.78 is 5.79. The van der Waals surface area contributed by atoms with Crippen LogP contribution >= 0.6 is 0 Å². The van der Waals surface area contributed by atoms with Gasteiger partial charge in [0.25, 0.3) is 0 Å². The van der Waals surface area contributed by atoms with Gasteiger partial charge in [-0.2, -0.15) is 0 Å². The minimum Gasteiger partial charge on any atom is -0.492 e. The van der Waals surface area contributed by atoms with Crippen LogP contribution in [0, 0.1) is 5.92 Å². The van der Waals surface area contributed by atoms with E-state index < -0.39 is 0 Å². The predicted octanol–water partition coefficient (Wildman–Crippen LogP) is 4.99. The van der Waals surface area contributed by atoms with E-state index in [2.05, 4.69) is 64.2 Å². The minimum atomic E-state index is 0.573. The molecular formula is C19H33NO. The van der Waals surface area contributed by atoms with E-state index in [-0.39, 0.29) is 0 Å². The van der Waals surface area contributed by atoms with Crippen molar-refractivity contribution >= 4 is 0 Å². The number of hydrogen-bond acceptors (Lipinski definition) is 2. The molecule has 0 saturated carbocycles. The summed E-state index contributed by atoms with van der Waals surface area (Å²) in [6.45, 7) is 12.9. The second-order valence-electron chi connectivity index (χ2n) is 6.55. The van der Waals surface area contributed by atoms with Crippen molar-refractivity contribution in [2.45, 2.75) is 65.8 Å². The first kappa shape index (κ1) is 18.0. The molecule has 0 aliphatic carbocycles. The molecule has 0 aliphatic rings. The Morgan fingerprint density at radius 2 is 1.67 bits per heavy atom. The van der Waals surface area contributed by atoms with E-state index in [0.29, 0.717) is 12.0 Å². The molecule has 0 bridgehead atoms. The third-order valence-corrected chi connectivity index (χ3v) is 4.10. The first-order chi connectivity index (χ1) is 10.0. The summed E-state index contributed by atoms with van der Waals surface area (Å²) in [6.07, 6.45) is 3.70. The summed E-state index contributed by atoms with van der Waals surface area (Å²) >= 11 is 0. The van der Waals surface area contributed by atoms with Crippen molar-refractivity contribution in [3.05, 3.63) is 29.8 Å². The first-order valence-corrected chi connectivity index (χ1v) is 8.49. The van der Waals surface area contributed by atoms with Gasteiger partial charge in [0, 0.05) is 12.6 Å². The van der Waals surface area contributed by atoms with Gasteiger partial charge in [0.15, 0.2) is 0 Å². The smallest absolute Gasteiger partial charge is 0.119 e. The highest BCUT2D eigenvalue weighted by Gasteiger charge is 2.04. The molecule has 2 heteroatoms. The molecule has 2 unspecified atom stereocenters. The lowest BCUT2D eigenvalue weighted by Gasteiger charge is -2.15. The Morgan fingerprint density at radius 3 is 2.24 bits per heavy atom. The summed E-state index contributed by atoms with van der Waals surface area (Å²) in [5.41, 5.74) is 1.39. The number of rotatable bonds is 10. The Labute approximate surface area is 131 Å². The normalized spacial score (nSPS) is 14.2. The van der Waals surface area contributed by atoms with Crippen molar-refractivity contribution in [2.75, 3.05) is 13.2 Å². The fourth-order valence-electron chi connectivity index (χ4n) is 2.29. The Balaban J connectivity index is 2.20. The highest BCUT2D eigenvalue weighted by atomic mass is 16.5. The molecule has 0 saturated heterocycles. The maximum atomic E-state index is 5.79. The maximum Gasteiger partial charge on any atom is 0.119 e. The summed E-state index contributed by atoms with van der Waals surface area (Å²) in [4.78, 5) is 0. The minimum absolute atomic E-state index is 0.573. The number of benzene rings is 1. The van der Waals surface area contributed by atoms with Crippen LogP contribution in [0.5, 0.6) is 5.75 Å². The van der Waals surface area contributed by atoms with Gasteiger partial charge in [-0.3, -0.25) is 0 Å². The molecule has 0 radical (unpaired) electrons. The van der Waals surface area contributed by atoms with Gasteiger partial charge in [-0.05, 0) is 55.7 Å². The van der Waals surface area contributed by atoms with Crippen LogP contribution in [-0.2, 0) is 0 Å². The fraction of sp³-hybridized carbons (Fsp3) is 0.684. The van der Waals surface area contributed by atoms with E-state index in [4.69, 9.17) is 4.74 Å². The second kappa shape index (κ2) is 9.83. The van der Waals surface area contributed by atoms with Gasteiger partial charge in [-0.15, -0.1) is 0 Å². The molecule has 2 atom stereocenters. The Bertz CT molecular complexity index is 372. The van der Waals surface area contributed by atoms with Crippen molar-refractivity contribution in [1.29, 1.82) is 0 Å². The molecule has 0 spiro atoms. The van der Waals surface area contributed by atoms with Crippen molar-refractivity contribution in [3.63, 3.8) is 0 Å². The average Bonchev–Trinajstić information content (AvgIpc) is 2.49. The van der Waals surface area contributed by atoms with E-state index >= 15 is 0 Å². The number of ether oxygens (including phenoxy) is 1. The zero-order valence-corrected chi connectivity index (χ0v) is 14.5. The van der Waals surface area contributed by atoms with Crippen molar-refractivity contribution < 1.29 is 4.74 Å². The van der Waals surface area contributed by atoms with Gasteiger partial charge < -0.3 is 10.1 Å². The molecule has 120 valence electrons. The lowest BCUT2D eigenvalue weighted by Crippen LogP contribution is -2.30. The monoisotopic (exact) mass is 291 g/mol. The molecule has 0 aromatic heterocycles. The molecule has 1 aromatic rings. The molecular weight excluding hydrogens is 258 g/mol. The van der Waals surface area contributed by atoms with Crippen LogP contribution in [0.3, 0.4) is 0 Å². The summed E-state index contributed by atoms with van der Waals surface area (Å²) in [6, 6.07) is 9.11. The van der Waals surface area contributed by atoms with Crippen molar-refractivity contribution in [3.8, 4) is 5.75 Å². The van der Waals surface area contributed by atoms with Gasteiger partial charge >= 0.3 is 0 Å². The van der Waals surface area contributed by atoms with Crippen LogP contribution in [0.1, 0.15) is 65.4 Å². The average molecular weight is 291 g/mol. The molecule has 0 aliphatic heterocycles. The lowest BCUT2D eigenvalue weighted by atomic mass is 9.99. The van der Waals surface area contributed by atoms with Gasteiger partial charge in [-0.1, -0.05) is 39.8 Å². The van der Waals surface area contributed by atoms with Crippen LogP contribution in [0.15, 0.2) is 24.3 Å². The van der Waals surface area contributed by atoms with E-state index in [9.17, 15) is 0 Å². The zero-order valence-electron chi connectivity index (χ0n) is 14.5. The largest absolute Gasteiger partial charge is 0.492 e. The van der Waals surface area contributed by atoms with E-state index in [1.54, 1.807) is 0 Å². The SMILES string of the molecule is CCC(C)c1ccc(OCCNC(C)CCC(C)C)cc1. The molecule has 1 rings (SSSR count). The standard InChI is InChI=1S/C19H33NO/c1-6-16(4)18-9-11-19(12-10-18)21-14-13-20-17(5)8-7-15(2)3/h9-12,15-17,20H,6-8,13-14H2,1-5H3. The lowest BCUT2D eigenvalue weighted by molar-refractivity contribution is 0.303. The first-order valence-electron chi connectivity index (χ1n) is 8.49. The number of nitrogens with one attached hydrogen (secondary N) is 1. The maximum absolute atomic E-state index is 5.79. The molecule has 1 aromatic carbocycles. The third kappa shape index (κ3) is 7.52. The van der Waals surface area contributed by atoms with Crippen LogP contribution in [0.2, 0.25) is 0 Å². The van der Waals surface area contributed by atoms with Crippen LogP contribution in [-0.4, -0.2) is 19.2 Å². The molecule has 0 heterocycles. The van der Waals surface area contributed by atoms with Gasteiger partial charge in [0.05, 0.1) is 0 Å². The van der Waals surface area contributed by atoms with E-state index in [1.807, 2.05) is 0 Å².